The zero-order valence-corrected chi connectivity index (χ0v) is 15.7. The summed E-state index contributed by atoms with van der Waals surface area (Å²) in [6.45, 7) is 10.0. The summed E-state index contributed by atoms with van der Waals surface area (Å²) in [5.41, 5.74) is 7.28. The summed E-state index contributed by atoms with van der Waals surface area (Å²) in [4.78, 5) is 33.7. The molecule has 6 heteroatoms. The largest absolute Gasteiger partial charge is 0.366 e. The third-order valence-corrected chi connectivity index (χ3v) is 4.17. The molecule has 0 bridgehead atoms. The number of aromatic amines is 1. The van der Waals surface area contributed by atoms with E-state index in [1.54, 1.807) is 36.2 Å². The number of carbonyl (C=O) groups excluding carboxylic acids is 2. The van der Waals surface area contributed by atoms with Crippen molar-refractivity contribution in [2.75, 3.05) is 7.05 Å². The molecule has 3 N–H and O–H groups in total. The van der Waals surface area contributed by atoms with Crippen LogP contribution in [0, 0.1) is 0 Å². The lowest BCUT2D eigenvalue weighted by Gasteiger charge is -2.21. The normalized spacial score (nSPS) is 11.6. The lowest BCUT2D eigenvalue weighted by molar-refractivity contribution is 0.0750. The molecule has 2 rings (SSSR count). The van der Waals surface area contributed by atoms with Gasteiger partial charge in [0.2, 0.25) is 5.91 Å². The van der Waals surface area contributed by atoms with Crippen molar-refractivity contribution in [2.45, 2.75) is 46.1 Å². The minimum Gasteiger partial charge on any atom is -0.366 e. The molecule has 6 nitrogen and oxygen atoms in total. The number of carbonyl (C=O) groups is 2. The number of nitrogens with one attached hydrogen (secondary N) is 1. The number of primary amides is 1. The van der Waals surface area contributed by atoms with Gasteiger partial charge in [-0.3, -0.25) is 9.59 Å². The molecule has 1 aromatic heterocycles. The Hall–Kier alpha value is -2.63. The van der Waals surface area contributed by atoms with Gasteiger partial charge in [-0.05, 0) is 26.0 Å². The number of benzene rings is 1. The molecule has 0 atom stereocenters. The molecule has 1 heterocycles. The first-order chi connectivity index (χ1) is 11.5. The Morgan fingerprint density at radius 3 is 2.16 bits per heavy atom. The summed E-state index contributed by atoms with van der Waals surface area (Å²) >= 11 is 0. The van der Waals surface area contributed by atoms with E-state index in [-0.39, 0.29) is 17.4 Å². The minimum atomic E-state index is -0.486. The zero-order valence-electron chi connectivity index (χ0n) is 15.7. The monoisotopic (exact) mass is 342 g/mol. The summed E-state index contributed by atoms with van der Waals surface area (Å²) in [7, 11) is 1.77. The van der Waals surface area contributed by atoms with Gasteiger partial charge in [0, 0.05) is 29.6 Å². The number of amides is 2. The highest BCUT2D eigenvalue weighted by Gasteiger charge is 2.27. The maximum atomic E-state index is 12.9. The molecule has 2 aromatic rings. The first-order valence-corrected chi connectivity index (χ1v) is 8.30. The molecular weight excluding hydrogens is 316 g/mol. The van der Waals surface area contributed by atoms with E-state index in [4.69, 9.17) is 5.73 Å². The summed E-state index contributed by atoms with van der Waals surface area (Å²) < 4.78 is 0. The van der Waals surface area contributed by atoms with Gasteiger partial charge < -0.3 is 15.6 Å². The fourth-order valence-electron chi connectivity index (χ4n) is 2.30. The maximum absolute atomic E-state index is 12.9. The van der Waals surface area contributed by atoms with E-state index in [2.05, 4.69) is 9.97 Å². The SMILES string of the molecule is CC(C)N(C)C(=O)c1[nH]c(C(C)(C)C)nc1-c1ccc(C(N)=O)cc1. The van der Waals surface area contributed by atoms with Crippen molar-refractivity contribution in [1.29, 1.82) is 0 Å². The Labute approximate surface area is 148 Å². The third-order valence-electron chi connectivity index (χ3n) is 4.17. The first kappa shape index (κ1) is 18.7. The van der Waals surface area contributed by atoms with Gasteiger partial charge in [-0.15, -0.1) is 0 Å². The molecule has 0 spiro atoms. The second-order valence-corrected chi connectivity index (χ2v) is 7.51. The lowest BCUT2D eigenvalue weighted by Crippen LogP contribution is -2.33. The predicted molar refractivity (Wildman–Crippen MR) is 98.5 cm³/mol. The van der Waals surface area contributed by atoms with E-state index < -0.39 is 5.91 Å². The molecule has 0 aliphatic heterocycles. The molecule has 2 amide bonds. The molecule has 134 valence electrons. The van der Waals surface area contributed by atoms with Gasteiger partial charge in [0.1, 0.15) is 17.2 Å². The van der Waals surface area contributed by atoms with Crippen LogP contribution in [0.4, 0.5) is 0 Å². The van der Waals surface area contributed by atoms with Crippen molar-refractivity contribution in [3.05, 3.63) is 41.3 Å². The Kier molecular flexibility index (Phi) is 5.02. The molecule has 25 heavy (non-hydrogen) atoms. The van der Waals surface area contributed by atoms with Gasteiger partial charge in [-0.25, -0.2) is 4.98 Å². The molecule has 1 aromatic carbocycles. The molecule has 0 radical (unpaired) electrons. The smallest absolute Gasteiger partial charge is 0.272 e. The summed E-state index contributed by atoms with van der Waals surface area (Å²) in [5.74, 6) is 0.133. The van der Waals surface area contributed by atoms with Crippen LogP contribution in [0.25, 0.3) is 11.3 Å². The standard InChI is InChI=1S/C19H26N4O2/c1-11(2)23(6)17(25)15-14(21-18(22-15)19(3,4)5)12-7-9-13(10-8-12)16(20)24/h7-11H,1-6H3,(H2,20,24)(H,21,22). The van der Waals surface area contributed by atoms with Crippen molar-refractivity contribution in [3.8, 4) is 11.3 Å². The Bertz CT molecular complexity index is 783. The second-order valence-electron chi connectivity index (χ2n) is 7.51. The van der Waals surface area contributed by atoms with E-state index in [1.807, 2.05) is 34.6 Å². The number of nitrogens with two attached hydrogens (primary N) is 1. The van der Waals surface area contributed by atoms with Gasteiger partial charge in [0.05, 0.1) is 0 Å². The van der Waals surface area contributed by atoms with Crippen LogP contribution in [-0.4, -0.2) is 39.8 Å². The topological polar surface area (TPSA) is 92.1 Å². The van der Waals surface area contributed by atoms with Crippen LogP contribution in [0.1, 0.15) is 61.3 Å². The van der Waals surface area contributed by atoms with Crippen LogP contribution < -0.4 is 5.73 Å². The molecule has 0 saturated heterocycles. The number of H-pyrrole nitrogens is 1. The maximum Gasteiger partial charge on any atom is 0.272 e. The number of nitrogens with zero attached hydrogens (tertiary/aromatic N) is 2. The van der Waals surface area contributed by atoms with E-state index in [9.17, 15) is 9.59 Å². The van der Waals surface area contributed by atoms with E-state index in [1.165, 1.54) is 0 Å². The highest BCUT2D eigenvalue weighted by molar-refractivity contribution is 5.99. The molecule has 0 fully saturated rings. The van der Waals surface area contributed by atoms with Crippen molar-refractivity contribution >= 4 is 11.8 Å². The summed E-state index contributed by atoms with van der Waals surface area (Å²) in [5, 5.41) is 0. The van der Waals surface area contributed by atoms with E-state index >= 15 is 0 Å². The Morgan fingerprint density at radius 1 is 1.16 bits per heavy atom. The minimum absolute atomic E-state index is 0.0685. The molecule has 0 aliphatic carbocycles. The Balaban J connectivity index is 2.57. The van der Waals surface area contributed by atoms with Gasteiger partial charge in [-0.1, -0.05) is 32.9 Å². The van der Waals surface area contributed by atoms with Crippen LogP contribution in [0.2, 0.25) is 0 Å². The van der Waals surface area contributed by atoms with Crippen LogP contribution >= 0.6 is 0 Å². The van der Waals surface area contributed by atoms with Gasteiger partial charge in [0.15, 0.2) is 0 Å². The van der Waals surface area contributed by atoms with Crippen molar-refractivity contribution in [3.63, 3.8) is 0 Å². The predicted octanol–water partition coefficient (Wildman–Crippen LogP) is 2.95. The van der Waals surface area contributed by atoms with Gasteiger partial charge in [0.25, 0.3) is 5.91 Å². The quantitative estimate of drug-likeness (QED) is 0.894. The zero-order chi connectivity index (χ0) is 18.9. The fraction of sp³-hybridized carbons (Fsp3) is 0.421. The average molecular weight is 342 g/mol. The molecule has 0 aliphatic rings. The van der Waals surface area contributed by atoms with Crippen molar-refractivity contribution < 1.29 is 9.59 Å². The average Bonchev–Trinajstić information content (AvgIpc) is 2.98. The van der Waals surface area contributed by atoms with Gasteiger partial charge in [-0.2, -0.15) is 0 Å². The first-order valence-electron chi connectivity index (χ1n) is 8.30. The van der Waals surface area contributed by atoms with E-state index in [0.717, 1.165) is 11.4 Å². The highest BCUT2D eigenvalue weighted by atomic mass is 16.2. The second kappa shape index (κ2) is 6.70. The number of hydrogen-bond donors (Lipinski definition) is 2. The lowest BCUT2D eigenvalue weighted by atomic mass is 9.96. The van der Waals surface area contributed by atoms with Crippen LogP contribution in [-0.2, 0) is 5.41 Å². The Morgan fingerprint density at radius 2 is 1.72 bits per heavy atom. The number of aromatic nitrogens is 2. The summed E-state index contributed by atoms with van der Waals surface area (Å²) in [6, 6.07) is 6.87. The van der Waals surface area contributed by atoms with Crippen molar-refractivity contribution in [2.24, 2.45) is 5.73 Å². The van der Waals surface area contributed by atoms with Crippen LogP contribution in [0.3, 0.4) is 0 Å². The highest BCUT2D eigenvalue weighted by Crippen LogP contribution is 2.28. The summed E-state index contributed by atoms with van der Waals surface area (Å²) in [6.07, 6.45) is 0. The number of hydrogen-bond acceptors (Lipinski definition) is 3. The molecule has 0 unspecified atom stereocenters. The van der Waals surface area contributed by atoms with Gasteiger partial charge >= 0.3 is 0 Å². The number of imidazole rings is 1. The number of rotatable bonds is 4. The fourth-order valence-corrected chi connectivity index (χ4v) is 2.30. The van der Waals surface area contributed by atoms with E-state index in [0.29, 0.717) is 17.0 Å². The van der Waals surface area contributed by atoms with Crippen LogP contribution in [0.15, 0.2) is 24.3 Å². The van der Waals surface area contributed by atoms with Crippen molar-refractivity contribution in [1.82, 2.24) is 14.9 Å². The molecule has 0 saturated carbocycles. The molecular formula is C19H26N4O2. The third kappa shape index (κ3) is 3.90. The van der Waals surface area contributed by atoms with Crippen LogP contribution in [0.5, 0.6) is 0 Å².